The number of rotatable bonds is 12. The summed E-state index contributed by atoms with van der Waals surface area (Å²) in [7, 11) is 2.71. The minimum Gasteiger partial charge on any atom is -0.502 e. The van der Waals surface area contributed by atoms with Gasteiger partial charge in [0.15, 0.2) is 24.1 Å². The van der Waals surface area contributed by atoms with Gasteiger partial charge in [0.2, 0.25) is 5.75 Å². The number of phenols is 1. The number of hydrogen-bond donors (Lipinski definition) is 8. The van der Waals surface area contributed by atoms with Crippen molar-refractivity contribution in [1.82, 2.24) is 0 Å². The van der Waals surface area contributed by atoms with E-state index in [1.165, 1.54) is 38.0 Å². The molecule has 0 bridgehead atoms. The number of ketones is 1. The molecular weight excluding hydrogens is 800 g/mol. The van der Waals surface area contributed by atoms with Crippen LogP contribution in [0.4, 0.5) is 0 Å². The van der Waals surface area contributed by atoms with Gasteiger partial charge in [-0.15, -0.1) is 0 Å². The van der Waals surface area contributed by atoms with Crippen LogP contribution in [0.15, 0.2) is 29.9 Å². The van der Waals surface area contributed by atoms with E-state index < -0.39 is 97.7 Å². The molecule has 8 N–H and O–H groups in total. The first-order chi connectivity index (χ1) is 28.9. The number of aromatic hydroxyl groups is 1. The van der Waals surface area contributed by atoms with Gasteiger partial charge in [0.1, 0.15) is 61.2 Å². The lowest BCUT2D eigenvalue weighted by Crippen LogP contribution is -2.65. The Balaban J connectivity index is 1.02. The minimum atomic E-state index is -1.87. The Morgan fingerprint density at radius 1 is 0.836 bits per heavy atom. The fourth-order valence-electron chi connectivity index (χ4n) is 11.6. The van der Waals surface area contributed by atoms with E-state index in [2.05, 4.69) is 19.9 Å². The lowest BCUT2D eigenvalue weighted by atomic mass is 9.45. The summed E-state index contributed by atoms with van der Waals surface area (Å²) in [5.41, 5.74) is -0.0116. The number of phenolic OH excluding ortho intramolecular Hbond substituents is 1. The lowest BCUT2D eigenvalue weighted by Gasteiger charge is -2.61. The number of ether oxygens (including phenoxy) is 7. The number of allylic oxidation sites excluding steroid dienone is 1. The van der Waals surface area contributed by atoms with Crippen molar-refractivity contribution in [3.05, 3.63) is 35.4 Å². The zero-order valence-corrected chi connectivity index (χ0v) is 35.3. The van der Waals surface area contributed by atoms with E-state index in [1.807, 2.05) is 0 Å². The minimum absolute atomic E-state index is 0.0163. The second-order valence-electron chi connectivity index (χ2n) is 18.2. The molecular formula is C44H62O17. The van der Waals surface area contributed by atoms with Crippen LogP contribution >= 0.6 is 0 Å². The van der Waals surface area contributed by atoms with Crippen LogP contribution in [0.25, 0.3) is 6.08 Å². The SMILES string of the molecule is COc1cc(C=CC(=O)OC[C@H]2O[C@@H](O[C@H]3[C@H](O[C@H]4CC[C@@]5(C)C(=CC[C@@H]6[C@@H]5CC[C@]5(C)[C@@H](C(C)=O)CC[C@]65O)C4)O[C@H](CO)[C@@H](O)[C@@H]3O)[C@H](O)[C@@H](O)[C@@H]2O)cc(OC)c1O. The van der Waals surface area contributed by atoms with Gasteiger partial charge in [-0.3, -0.25) is 4.79 Å². The van der Waals surface area contributed by atoms with E-state index in [4.69, 9.17) is 33.2 Å². The smallest absolute Gasteiger partial charge is 0.330 e. The molecule has 5 fully saturated rings. The summed E-state index contributed by atoms with van der Waals surface area (Å²) in [6.07, 6.45) is -6.52. The summed E-state index contributed by atoms with van der Waals surface area (Å²) < 4.78 is 39.8. The molecule has 0 radical (unpaired) electrons. The van der Waals surface area contributed by atoms with E-state index in [-0.39, 0.29) is 46.2 Å². The first-order valence-corrected chi connectivity index (χ1v) is 21.3. The molecule has 17 heteroatoms. The number of hydrogen-bond acceptors (Lipinski definition) is 17. The number of fused-ring (bicyclic) bond motifs is 5. The fourth-order valence-corrected chi connectivity index (χ4v) is 11.6. The Kier molecular flexibility index (Phi) is 13.3. The van der Waals surface area contributed by atoms with Gasteiger partial charge >= 0.3 is 5.97 Å². The molecule has 3 saturated carbocycles. The van der Waals surface area contributed by atoms with E-state index in [0.29, 0.717) is 37.7 Å². The van der Waals surface area contributed by atoms with Crippen LogP contribution in [0.5, 0.6) is 17.2 Å². The number of aliphatic hydroxyl groups excluding tert-OH is 6. The molecule has 2 heterocycles. The number of esters is 1. The van der Waals surface area contributed by atoms with Crippen LogP contribution in [0, 0.1) is 28.6 Å². The molecule has 0 aromatic heterocycles. The normalized spacial score (nSPS) is 43.4. The molecule has 0 unspecified atom stereocenters. The molecule has 17 nitrogen and oxygen atoms in total. The molecule has 0 amide bonds. The molecule has 4 aliphatic carbocycles. The first kappa shape index (κ1) is 45.8. The van der Waals surface area contributed by atoms with Crippen molar-refractivity contribution in [2.24, 2.45) is 28.6 Å². The number of Topliss-reactive ketones (excluding diaryl/α,β-unsaturated/α-hetero) is 1. The van der Waals surface area contributed by atoms with Crippen LogP contribution in [-0.2, 0) is 33.3 Å². The fraction of sp³-hybridized carbons (Fsp3) is 0.727. The Labute approximate surface area is 354 Å². The Bertz CT molecular complexity index is 1810. The Morgan fingerprint density at radius 2 is 1.51 bits per heavy atom. The highest BCUT2D eigenvalue weighted by atomic mass is 16.8. The molecule has 1 aromatic carbocycles. The third kappa shape index (κ3) is 8.14. The molecule has 1 aromatic rings. The summed E-state index contributed by atoms with van der Waals surface area (Å²) in [6.45, 7) is 4.72. The second-order valence-corrected chi connectivity index (χ2v) is 18.2. The van der Waals surface area contributed by atoms with Gasteiger partial charge in [-0.25, -0.2) is 4.79 Å². The third-order valence-corrected chi connectivity index (χ3v) is 15.2. The van der Waals surface area contributed by atoms with Gasteiger partial charge in [-0.1, -0.05) is 25.5 Å². The highest BCUT2D eigenvalue weighted by Gasteiger charge is 2.67. The summed E-state index contributed by atoms with van der Waals surface area (Å²) in [5, 5.41) is 87.3. The maximum atomic E-state index is 12.7. The third-order valence-electron chi connectivity index (χ3n) is 15.2. The summed E-state index contributed by atoms with van der Waals surface area (Å²) in [4.78, 5) is 25.3. The standard InChI is InChI=1S/C44H62O17/c1-21(46)25-12-15-44(54)27-8-7-23-18-24(10-13-42(23,2)26(27)11-14-43(25,44)3)58-41-39(37(52)34(49)30(19-45)59-41)61-40-38(53)36(51)35(50)31(60-40)20-57-32(47)9-6-22-16-28(55-4)33(48)29(17-22)56-5/h6-7,9,16-17,24-27,30-31,34-41,45,48-54H,8,10-15,18-20H2,1-5H3/t24-,25+,26-,27+,30+,31+,34+,35+,36-,37-,38+,39+,40-,41+,42-,43+,44-/m0/s1. The van der Waals surface area contributed by atoms with Crippen LogP contribution in [0.1, 0.15) is 77.7 Å². The Hall–Kier alpha value is -3.20. The number of benzene rings is 1. The number of aliphatic hydroxyl groups is 7. The van der Waals surface area contributed by atoms with Gasteiger partial charge in [0.05, 0.1) is 32.5 Å². The highest BCUT2D eigenvalue weighted by Crippen LogP contribution is 2.68. The van der Waals surface area contributed by atoms with Crippen molar-refractivity contribution in [2.45, 2.75) is 145 Å². The van der Waals surface area contributed by atoms with E-state index in [9.17, 15) is 50.4 Å². The maximum absolute atomic E-state index is 12.7. The zero-order chi connectivity index (χ0) is 44.2. The van der Waals surface area contributed by atoms with E-state index >= 15 is 0 Å². The van der Waals surface area contributed by atoms with Crippen molar-refractivity contribution in [1.29, 1.82) is 0 Å². The number of carbonyl (C=O) groups is 2. The predicted octanol–water partition coefficient (Wildman–Crippen LogP) is 1.27. The van der Waals surface area contributed by atoms with Crippen LogP contribution in [0.2, 0.25) is 0 Å². The quantitative estimate of drug-likeness (QED) is 0.0836. The van der Waals surface area contributed by atoms with Crippen LogP contribution in [0.3, 0.4) is 0 Å². The molecule has 0 spiro atoms. The Morgan fingerprint density at radius 3 is 2.16 bits per heavy atom. The molecule has 7 rings (SSSR count). The molecule has 340 valence electrons. The van der Waals surface area contributed by atoms with Gasteiger partial charge in [0.25, 0.3) is 0 Å². The average molecular weight is 863 g/mol. The van der Waals surface area contributed by atoms with Gasteiger partial charge in [-0.05, 0) is 99.3 Å². The monoisotopic (exact) mass is 862 g/mol. The molecule has 2 aliphatic heterocycles. The summed E-state index contributed by atoms with van der Waals surface area (Å²) in [6, 6.07) is 2.92. The zero-order valence-electron chi connectivity index (χ0n) is 35.3. The van der Waals surface area contributed by atoms with E-state index in [0.717, 1.165) is 25.3 Å². The van der Waals surface area contributed by atoms with Crippen LogP contribution in [-0.4, -0.2) is 153 Å². The summed E-state index contributed by atoms with van der Waals surface area (Å²) in [5.74, 6) is -0.667. The second kappa shape index (κ2) is 17.8. The predicted molar refractivity (Wildman–Crippen MR) is 213 cm³/mol. The number of methoxy groups -OCH3 is 2. The first-order valence-electron chi connectivity index (χ1n) is 21.3. The molecule has 2 saturated heterocycles. The molecule has 6 aliphatic rings. The topological polar surface area (TPSA) is 261 Å². The van der Waals surface area contributed by atoms with Gasteiger partial charge in [0, 0.05) is 17.4 Å². The van der Waals surface area contributed by atoms with Gasteiger partial charge < -0.3 is 74.0 Å². The molecule has 61 heavy (non-hydrogen) atoms. The van der Waals surface area contributed by atoms with Crippen molar-refractivity contribution < 1.29 is 83.6 Å². The molecule has 17 atom stereocenters. The number of carbonyl (C=O) groups excluding carboxylic acids is 2. The maximum Gasteiger partial charge on any atom is 0.330 e. The van der Waals surface area contributed by atoms with Crippen molar-refractivity contribution in [2.75, 3.05) is 27.4 Å². The van der Waals surface area contributed by atoms with Crippen molar-refractivity contribution in [3.8, 4) is 17.2 Å². The lowest BCUT2D eigenvalue weighted by molar-refractivity contribution is -0.372. The van der Waals surface area contributed by atoms with E-state index in [1.54, 1.807) is 6.92 Å². The van der Waals surface area contributed by atoms with Crippen molar-refractivity contribution in [3.63, 3.8) is 0 Å². The summed E-state index contributed by atoms with van der Waals surface area (Å²) >= 11 is 0. The highest BCUT2D eigenvalue weighted by molar-refractivity contribution is 5.87. The van der Waals surface area contributed by atoms with Crippen LogP contribution < -0.4 is 9.47 Å². The average Bonchev–Trinajstić information content (AvgIpc) is 3.53. The largest absolute Gasteiger partial charge is 0.502 e. The van der Waals surface area contributed by atoms with Crippen molar-refractivity contribution >= 4 is 17.8 Å². The van der Waals surface area contributed by atoms with Gasteiger partial charge in [-0.2, -0.15) is 0 Å².